The van der Waals surface area contributed by atoms with Gasteiger partial charge in [-0.25, -0.2) is 9.59 Å². The summed E-state index contributed by atoms with van der Waals surface area (Å²) in [7, 11) is 0. The van der Waals surface area contributed by atoms with Gasteiger partial charge < -0.3 is 19.8 Å². The second kappa shape index (κ2) is 9.13. The van der Waals surface area contributed by atoms with Gasteiger partial charge in [0.1, 0.15) is 0 Å². The number of urea groups is 1. The number of hydrogen-bond acceptors (Lipinski definition) is 7. The van der Waals surface area contributed by atoms with Crippen LogP contribution in [0.2, 0.25) is 0 Å². The van der Waals surface area contributed by atoms with Gasteiger partial charge in [0.05, 0.1) is 18.2 Å². The van der Waals surface area contributed by atoms with Crippen molar-refractivity contribution < 1.29 is 18.7 Å². The molecule has 29 heavy (non-hydrogen) atoms. The van der Waals surface area contributed by atoms with Crippen LogP contribution >= 0.6 is 11.8 Å². The highest BCUT2D eigenvalue weighted by Gasteiger charge is 2.31. The Morgan fingerprint density at radius 1 is 1.21 bits per heavy atom. The number of aryl methyl sites for hydroxylation is 2. The zero-order valence-electron chi connectivity index (χ0n) is 16.9. The van der Waals surface area contributed by atoms with Crippen molar-refractivity contribution in [2.24, 2.45) is 0 Å². The molecular formula is C20H24N4O4S. The minimum atomic E-state index is -0.441. The first-order valence-electron chi connectivity index (χ1n) is 9.43. The van der Waals surface area contributed by atoms with Crippen LogP contribution in [-0.4, -0.2) is 40.6 Å². The number of benzene rings is 1. The van der Waals surface area contributed by atoms with Crippen LogP contribution in [0.15, 0.2) is 39.1 Å². The number of nitrogens with zero attached hydrogens (tertiary/aromatic N) is 2. The van der Waals surface area contributed by atoms with Crippen LogP contribution in [0.4, 0.5) is 4.79 Å². The second-order valence-corrected chi connectivity index (χ2v) is 7.64. The monoisotopic (exact) mass is 416 g/mol. The third-order valence-electron chi connectivity index (χ3n) is 4.36. The second-order valence-electron chi connectivity index (χ2n) is 6.71. The number of hydrogen-bond donors (Lipinski definition) is 2. The molecule has 1 aromatic heterocycles. The van der Waals surface area contributed by atoms with E-state index in [4.69, 9.17) is 9.15 Å². The normalized spacial score (nSPS) is 16.4. The summed E-state index contributed by atoms with van der Waals surface area (Å²) >= 11 is 1.26. The van der Waals surface area contributed by atoms with E-state index in [1.54, 1.807) is 6.92 Å². The number of esters is 1. The maximum Gasteiger partial charge on any atom is 0.337 e. The maximum atomic E-state index is 12.4. The van der Waals surface area contributed by atoms with Crippen molar-refractivity contribution in [3.8, 4) is 11.5 Å². The molecule has 0 spiro atoms. The molecule has 1 aliphatic heterocycles. The molecule has 1 aromatic carbocycles. The van der Waals surface area contributed by atoms with Crippen molar-refractivity contribution in [1.82, 2.24) is 20.8 Å². The van der Waals surface area contributed by atoms with Gasteiger partial charge in [-0.15, -0.1) is 10.2 Å². The van der Waals surface area contributed by atoms with Crippen molar-refractivity contribution >= 4 is 23.8 Å². The molecule has 0 aliphatic carbocycles. The zero-order valence-corrected chi connectivity index (χ0v) is 17.7. The lowest BCUT2D eigenvalue weighted by Gasteiger charge is -2.28. The van der Waals surface area contributed by atoms with E-state index in [9.17, 15) is 9.59 Å². The number of carbonyl (C=O) groups excluding carboxylic acids is 2. The van der Waals surface area contributed by atoms with Crippen molar-refractivity contribution in [2.75, 3.05) is 12.4 Å². The average molecular weight is 417 g/mol. The van der Waals surface area contributed by atoms with Crippen LogP contribution in [0.3, 0.4) is 0 Å². The smallest absolute Gasteiger partial charge is 0.337 e. The molecule has 0 radical (unpaired) electrons. The van der Waals surface area contributed by atoms with Gasteiger partial charge in [0.25, 0.3) is 5.22 Å². The van der Waals surface area contributed by atoms with E-state index in [1.807, 2.05) is 32.9 Å². The Labute approximate surface area is 173 Å². The Bertz CT molecular complexity index is 933. The van der Waals surface area contributed by atoms with Gasteiger partial charge in [-0.3, -0.25) is 0 Å². The van der Waals surface area contributed by atoms with Crippen LogP contribution in [0.25, 0.3) is 11.5 Å². The van der Waals surface area contributed by atoms with E-state index in [1.165, 1.54) is 11.8 Å². The summed E-state index contributed by atoms with van der Waals surface area (Å²) in [4.78, 5) is 24.4. The fourth-order valence-corrected chi connectivity index (χ4v) is 3.92. The topological polar surface area (TPSA) is 106 Å². The first-order chi connectivity index (χ1) is 13.9. The molecule has 1 unspecified atom stereocenters. The van der Waals surface area contributed by atoms with Crippen LogP contribution in [0.1, 0.15) is 31.4 Å². The van der Waals surface area contributed by atoms with Crippen molar-refractivity contribution in [3.05, 3.63) is 40.6 Å². The molecule has 2 aromatic rings. The highest BCUT2D eigenvalue weighted by atomic mass is 32.2. The minimum Gasteiger partial charge on any atom is -0.463 e. The highest BCUT2D eigenvalue weighted by molar-refractivity contribution is 7.99. The molecule has 0 saturated heterocycles. The minimum absolute atomic E-state index is 0.260. The van der Waals surface area contributed by atoms with Gasteiger partial charge in [-0.2, -0.15) is 0 Å². The molecule has 0 bridgehead atoms. The summed E-state index contributed by atoms with van der Waals surface area (Å²) in [6.07, 6.45) is 0.577. The lowest BCUT2D eigenvalue weighted by molar-refractivity contribution is -0.139. The van der Waals surface area contributed by atoms with Gasteiger partial charge in [-0.05, 0) is 39.3 Å². The van der Waals surface area contributed by atoms with Crippen molar-refractivity contribution in [1.29, 1.82) is 0 Å². The highest BCUT2D eigenvalue weighted by Crippen LogP contribution is 2.27. The van der Waals surface area contributed by atoms with Gasteiger partial charge >= 0.3 is 12.0 Å². The Morgan fingerprint density at radius 2 is 1.93 bits per heavy atom. The van der Waals surface area contributed by atoms with Crippen LogP contribution in [0.5, 0.6) is 0 Å². The van der Waals surface area contributed by atoms with Crippen molar-refractivity contribution in [2.45, 2.75) is 45.4 Å². The van der Waals surface area contributed by atoms with E-state index >= 15 is 0 Å². The van der Waals surface area contributed by atoms with Gasteiger partial charge in [0.15, 0.2) is 0 Å². The van der Waals surface area contributed by atoms with E-state index in [0.29, 0.717) is 34.6 Å². The maximum absolute atomic E-state index is 12.4. The Morgan fingerprint density at radius 3 is 2.59 bits per heavy atom. The van der Waals surface area contributed by atoms with E-state index in [2.05, 4.69) is 26.9 Å². The molecule has 3 rings (SSSR count). The summed E-state index contributed by atoms with van der Waals surface area (Å²) in [5.74, 6) is 0.288. The summed E-state index contributed by atoms with van der Waals surface area (Å²) in [6, 6.07) is 5.29. The van der Waals surface area contributed by atoms with Crippen LogP contribution < -0.4 is 10.6 Å². The SMILES string of the molecule is CCOC(=O)C1=C(CSc2nnc(-c3cc(C)cc(C)c3)o2)NC(=O)NC1CC. The average Bonchev–Trinajstić information content (AvgIpc) is 3.14. The Hall–Kier alpha value is -2.81. The molecule has 9 heteroatoms. The summed E-state index contributed by atoms with van der Waals surface area (Å²) in [6.45, 7) is 7.92. The third-order valence-corrected chi connectivity index (χ3v) is 5.21. The van der Waals surface area contributed by atoms with Gasteiger partial charge in [-0.1, -0.05) is 35.9 Å². The molecule has 0 fully saturated rings. The number of nitrogens with one attached hydrogen (secondary N) is 2. The van der Waals surface area contributed by atoms with Crippen LogP contribution in [0, 0.1) is 13.8 Å². The molecule has 154 valence electrons. The molecule has 2 amide bonds. The largest absolute Gasteiger partial charge is 0.463 e. The van der Waals surface area contributed by atoms with E-state index < -0.39 is 12.0 Å². The molecule has 1 aliphatic rings. The molecule has 2 N–H and O–H groups in total. The first kappa shape index (κ1) is 20.9. The number of thioether (sulfide) groups is 1. The predicted octanol–water partition coefficient (Wildman–Crippen LogP) is 3.35. The quantitative estimate of drug-likeness (QED) is 0.526. The number of aromatic nitrogens is 2. The molecule has 2 heterocycles. The lowest BCUT2D eigenvalue weighted by Crippen LogP contribution is -2.50. The third kappa shape index (κ3) is 4.97. The summed E-state index contributed by atoms with van der Waals surface area (Å²) in [5.41, 5.74) is 4.00. The van der Waals surface area contributed by atoms with Gasteiger partial charge in [0.2, 0.25) is 5.89 Å². The van der Waals surface area contributed by atoms with Crippen LogP contribution in [-0.2, 0) is 9.53 Å². The molecule has 1 atom stereocenters. The number of carbonyl (C=O) groups is 2. The molecule has 0 saturated carbocycles. The van der Waals surface area contributed by atoms with Crippen molar-refractivity contribution in [3.63, 3.8) is 0 Å². The summed E-state index contributed by atoms with van der Waals surface area (Å²) in [5, 5.41) is 14.0. The number of ether oxygens (including phenoxy) is 1. The number of rotatable bonds is 7. The van der Waals surface area contributed by atoms with Gasteiger partial charge in [0, 0.05) is 17.0 Å². The number of amides is 2. The first-order valence-corrected chi connectivity index (χ1v) is 10.4. The standard InChI is InChI=1S/C20H24N4O4S/c1-5-14-16(18(25)27-6-2)15(22-19(26)21-14)10-29-20-24-23-17(28-20)13-8-11(3)7-12(4)9-13/h7-9,14H,5-6,10H2,1-4H3,(H2,21,22,26). The fourth-order valence-electron chi connectivity index (χ4n) is 3.19. The summed E-state index contributed by atoms with van der Waals surface area (Å²) < 4.78 is 10.9. The zero-order chi connectivity index (χ0) is 21.0. The predicted molar refractivity (Wildman–Crippen MR) is 109 cm³/mol. The Balaban J connectivity index is 1.80. The fraction of sp³-hybridized carbons (Fsp3) is 0.400. The Kier molecular flexibility index (Phi) is 6.58. The molecule has 8 nitrogen and oxygen atoms in total. The molecular weight excluding hydrogens is 392 g/mol. The van der Waals surface area contributed by atoms with E-state index in [0.717, 1.165) is 16.7 Å². The lowest BCUT2D eigenvalue weighted by atomic mass is 10.0. The van der Waals surface area contributed by atoms with E-state index in [-0.39, 0.29) is 12.6 Å².